The highest BCUT2D eigenvalue weighted by molar-refractivity contribution is 5.87. The monoisotopic (exact) mass is 376 g/mol. The number of aryl methyl sites for hydroxylation is 2. The molecule has 2 fully saturated rings. The van der Waals surface area contributed by atoms with Gasteiger partial charge < -0.3 is 0 Å². The molecule has 0 spiro atoms. The Morgan fingerprint density at radius 1 is 0.714 bits per heavy atom. The molecule has 0 unspecified atom stereocenters. The van der Waals surface area contributed by atoms with E-state index in [2.05, 4.69) is 51.1 Å². The molecular weight excluding hydrogens is 336 g/mol. The van der Waals surface area contributed by atoms with Gasteiger partial charge in [-0.2, -0.15) is 0 Å². The van der Waals surface area contributed by atoms with Gasteiger partial charge in [0, 0.05) is 0 Å². The third-order valence-electron chi connectivity index (χ3n) is 8.37. The summed E-state index contributed by atoms with van der Waals surface area (Å²) in [5.74, 6) is 3.89. The SMILES string of the molecule is CCc1ccc2cc(C3CCC(C4CCC(CC)CC4)CC3)ccc2c1CC. The number of hydrogen-bond acceptors (Lipinski definition) is 0. The Kier molecular flexibility index (Phi) is 6.44. The molecule has 0 amide bonds. The molecule has 2 aromatic carbocycles. The molecule has 0 aromatic heterocycles. The molecule has 152 valence electrons. The van der Waals surface area contributed by atoms with E-state index in [0.717, 1.165) is 36.5 Å². The summed E-state index contributed by atoms with van der Waals surface area (Å²) in [6, 6.07) is 12.1. The van der Waals surface area contributed by atoms with E-state index in [9.17, 15) is 0 Å². The second kappa shape index (κ2) is 9.02. The van der Waals surface area contributed by atoms with E-state index in [1.807, 2.05) is 0 Å². The van der Waals surface area contributed by atoms with Crippen LogP contribution < -0.4 is 0 Å². The van der Waals surface area contributed by atoms with Gasteiger partial charge in [0.2, 0.25) is 0 Å². The minimum Gasteiger partial charge on any atom is -0.0651 e. The molecular formula is C28H40. The van der Waals surface area contributed by atoms with Crippen molar-refractivity contribution in [2.24, 2.45) is 17.8 Å². The minimum atomic E-state index is 0.795. The minimum absolute atomic E-state index is 0.795. The first-order chi connectivity index (χ1) is 13.7. The van der Waals surface area contributed by atoms with E-state index in [1.165, 1.54) is 74.1 Å². The number of benzene rings is 2. The van der Waals surface area contributed by atoms with Crippen LogP contribution in [0.5, 0.6) is 0 Å². The van der Waals surface area contributed by atoms with E-state index in [1.54, 1.807) is 11.1 Å². The molecule has 0 bridgehead atoms. The molecule has 2 aliphatic carbocycles. The van der Waals surface area contributed by atoms with Gasteiger partial charge in [0.15, 0.2) is 0 Å². The highest BCUT2D eigenvalue weighted by Crippen LogP contribution is 2.44. The van der Waals surface area contributed by atoms with Crippen molar-refractivity contribution in [1.29, 1.82) is 0 Å². The smallest absolute Gasteiger partial charge is 0.0149 e. The highest BCUT2D eigenvalue weighted by Gasteiger charge is 2.30. The summed E-state index contributed by atoms with van der Waals surface area (Å²) < 4.78 is 0. The maximum Gasteiger partial charge on any atom is -0.0149 e. The molecule has 2 saturated carbocycles. The van der Waals surface area contributed by atoms with Crippen molar-refractivity contribution in [3.63, 3.8) is 0 Å². The van der Waals surface area contributed by atoms with Gasteiger partial charge in [0.1, 0.15) is 0 Å². The van der Waals surface area contributed by atoms with Crippen molar-refractivity contribution in [1.82, 2.24) is 0 Å². The zero-order chi connectivity index (χ0) is 19.5. The fraction of sp³-hybridized carbons (Fsp3) is 0.643. The van der Waals surface area contributed by atoms with Gasteiger partial charge in [0.25, 0.3) is 0 Å². The maximum absolute atomic E-state index is 2.52. The fourth-order valence-corrected chi connectivity index (χ4v) is 6.45. The molecule has 28 heavy (non-hydrogen) atoms. The van der Waals surface area contributed by atoms with Crippen LogP contribution in [0.15, 0.2) is 30.3 Å². The van der Waals surface area contributed by atoms with E-state index < -0.39 is 0 Å². The quantitative estimate of drug-likeness (QED) is 0.491. The number of hydrogen-bond donors (Lipinski definition) is 0. The van der Waals surface area contributed by atoms with Gasteiger partial charge in [-0.25, -0.2) is 0 Å². The molecule has 4 rings (SSSR count). The van der Waals surface area contributed by atoms with Crippen molar-refractivity contribution in [2.45, 2.75) is 97.3 Å². The van der Waals surface area contributed by atoms with E-state index in [0.29, 0.717) is 0 Å². The Labute approximate surface area is 173 Å². The Morgan fingerprint density at radius 2 is 1.39 bits per heavy atom. The molecule has 0 nitrogen and oxygen atoms in total. The van der Waals surface area contributed by atoms with Crippen molar-refractivity contribution in [3.05, 3.63) is 47.0 Å². The van der Waals surface area contributed by atoms with E-state index in [4.69, 9.17) is 0 Å². The Balaban J connectivity index is 1.42. The second-order valence-electron chi connectivity index (χ2n) is 9.69. The molecule has 0 aliphatic heterocycles. The maximum atomic E-state index is 2.52. The molecule has 0 saturated heterocycles. The lowest BCUT2D eigenvalue weighted by Gasteiger charge is -2.38. The van der Waals surface area contributed by atoms with Crippen LogP contribution in [0.25, 0.3) is 10.8 Å². The summed E-state index contributed by atoms with van der Waals surface area (Å²) in [4.78, 5) is 0. The molecule has 0 heteroatoms. The average Bonchev–Trinajstić information content (AvgIpc) is 2.78. The summed E-state index contributed by atoms with van der Waals surface area (Å²) in [6.07, 6.45) is 15.5. The third-order valence-corrected chi connectivity index (χ3v) is 8.37. The summed E-state index contributed by atoms with van der Waals surface area (Å²) >= 11 is 0. The van der Waals surface area contributed by atoms with Crippen molar-refractivity contribution >= 4 is 10.8 Å². The van der Waals surface area contributed by atoms with E-state index in [-0.39, 0.29) is 0 Å². The predicted molar refractivity (Wildman–Crippen MR) is 123 cm³/mol. The Bertz CT molecular complexity index is 770. The molecule has 0 heterocycles. The largest absolute Gasteiger partial charge is 0.0651 e. The zero-order valence-electron chi connectivity index (χ0n) is 18.5. The lowest BCUT2D eigenvalue weighted by Crippen LogP contribution is -2.25. The third kappa shape index (κ3) is 4.03. The van der Waals surface area contributed by atoms with Gasteiger partial charge in [-0.1, -0.05) is 70.4 Å². The van der Waals surface area contributed by atoms with Crippen molar-refractivity contribution < 1.29 is 0 Å². The average molecular weight is 377 g/mol. The first-order valence-corrected chi connectivity index (χ1v) is 12.3. The Hall–Kier alpha value is -1.30. The first kappa shape index (κ1) is 20.0. The topological polar surface area (TPSA) is 0 Å². The van der Waals surface area contributed by atoms with Crippen molar-refractivity contribution in [2.75, 3.05) is 0 Å². The summed E-state index contributed by atoms with van der Waals surface area (Å²) in [7, 11) is 0. The molecule has 0 atom stereocenters. The van der Waals surface area contributed by atoms with Crippen LogP contribution in [0, 0.1) is 17.8 Å². The fourth-order valence-electron chi connectivity index (χ4n) is 6.45. The van der Waals surface area contributed by atoms with Gasteiger partial charge in [-0.15, -0.1) is 0 Å². The molecule has 2 aromatic rings. The molecule has 2 aliphatic rings. The normalized spacial score (nSPS) is 28.5. The number of fused-ring (bicyclic) bond motifs is 1. The molecule has 0 N–H and O–H groups in total. The number of rotatable bonds is 5. The van der Waals surface area contributed by atoms with Gasteiger partial charge in [-0.3, -0.25) is 0 Å². The molecule has 0 radical (unpaired) electrons. The zero-order valence-corrected chi connectivity index (χ0v) is 18.5. The lowest BCUT2D eigenvalue weighted by molar-refractivity contribution is 0.158. The van der Waals surface area contributed by atoms with E-state index >= 15 is 0 Å². The standard InChI is InChI=1S/C28H40/c1-4-20-7-9-22(10-8-20)23-12-14-24(15-13-23)25-17-18-28-26(19-25)16-11-21(5-2)27(28)6-3/h11,16-20,22-24H,4-10,12-15H2,1-3H3. The predicted octanol–water partition coefficient (Wildman–Crippen LogP) is 8.45. The van der Waals surface area contributed by atoms with Crippen LogP contribution in [0.2, 0.25) is 0 Å². The van der Waals surface area contributed by atoms with Crippen LogP contribution in [0.4, 0.5) is 0 Å². The lowest BCUT2D eigenvalue weighted by atomic mass is 9.68. The highest BCUT2D eigenvalue weighted by atomic mass is 14.4. The van der Waals surface area contributed by atoms with Gasteiger partial charge in [-0.05, 0) is 103 Å². The van der Waals surface area contributed by atoms with Gasteiger partial charge in [0.05, 0.1) is 0 Å². The second-order valence-corrected chi connectivity index (χ2v) is 9.69. The Morgan fingerprint density at radius 3 is 2.00 bits per heavy atom. The van der Waals surface area contributed by atoms with Crippen molar-refractivity contribution in [3.8, 4) is 0 Å². The summed E-state index contributed by atoms with van der Waals surface area (Å²) in [6.45, 7) is 6.96. The van der Waals surface area contributed by atoms with Crippen LogP contribution in [-0.4, -0.2) is 0 Å². The summed E-state index contributed by atoms with van der Waals surface area (Å²) in [5, 5.41) is 2.96. The van der Waals surface area contributed by atoms with Crippen LogP contribution >= 0.6 is 0 Å². The first-order valence-electron chi connectivity index (χ1n) is 12.3. The van der Waals surface area contributed by atoms with Crippen LogP contribution in [-0.2, 0) is 12.8 Å². The van der Waals surface area contributed by atoms with Crippen LogP contribution in [0.3, 0.4) is 0 Å². The van der Waals surface area contributed by atoms with Gasteiger partial charge >= 0.3 is 0 Å². The van der Waals surface area contributed by atoms with Crippen LogP contribution in [0.1, 0.15) is 101 Å². The summed E-state index contributed by atoms with van der Waals surface area (Å²) in [5.41, 5.74) is 4.70.